The summed E-state index contributed by atoms with van der Waals surface area (Å²) >= 11 is 7.10. The average Bonchev–Trinajstić information content (AvgIpc) is 2.71. The molecule has 2 aromatic rings. The third-order valence-electron chi connectivity index (χ3n) is 2.25. The van der Waals surface area contributed by atoms with Crippen LogP contribution in [0.25, 0.3) is 0 Å². The Morgan fingerprint density at radius 3 is 2.63 bits per heavy atom. The molecule has 0 saturated heterocycles. The highest BCUT2D eigenvalue weighted by Gasteiger charge is 2.31. The monoisotopic (exact) mass is 307 g/mol. The molecule has 0 aromatic carbocycles. The number of halogens is 4. The van der Waals surface area contributed by atoms with E-state index in [9.17, 15) is 13.2 Å². The Morgan fingerprint density at radius 2 is 2.05 bits per heavy atom. The SMILES string of the molecule is Nc1cc(C(F)(F)F)cc(NCc2ccc(Cl)s2)n1. The zero-order valence-corrected chi connectivity index (χ0v) is 11.0. The Hall–Kier alpha value is -1.47. The van der Waals surface area contributed by atoms with Gasteiger partial charge in [0.1, 0.15) is 11.6 Å². The van der Waals surface area contributed by atoms with Crippen molar-refractivity contribution in [3.8, 4) is 0 Å². The smallest absolute Gasteiger partial charge is 0.384 e. The molecule has 0 aliphatic heterocycles. The average molecular weight is 308 g/mol. The van der Waals surface area contributed by atoms with E-state index in [0.29, 0.717) is 10.9 Å². The van der Waals surface area contributed by atoms with Crippen molar-refractivity contribution in [2.45, 2.75) is 12.7 Å². The van der Waals surface area contributed by atoms with Crippen molar-refractivity contribution in [1.29, 1.82) is 0 Å². The van der Waals surface area contributed by atoms with Crippen LogP contribution in [0.5, 0.6) is 0 Å². The maximum atomic E-state index is 12.6. The first-order valence-electron chi connectivity index (χ1n) is 5.17. The number of alkyl halides is 3. The number of rotatable bonds is 3. The number of pyridine rings is 1. The molecule has 0 radical (unpaired) electrons. The summed E-state index contributed by atoms with van der Waals surface area (Å²) < 4.78 is 38.4. The van der Waals surface area contributed by atoms with Gasteiger partial charge in [-0.05, 0) is 24.3 Å². The standard InChI is InChI=1S/C11H9ClF3N3S/c12-8-2-1-7(19-8)5-17-10-4-6(11(13,14)15)3-9(16)18-10/h1-4H,5H2,(H3,16,17,18). The second-order valence-corrected chi connectivity index (χ2v) is 5.52. The van der Waals surface area contributed by atoms with E-state index in [0.717, 1.165) is 17.0 Å². The number of nitrogens with one attached hydrogen (secondary N) is 1. The molecule has 3 N–H and O–H groups in total. The van der Waals surface area contributed by atoms with E-state index in [1.54, 1.807) is 12.1 Å². The molecule has 2 aromatic heterocycles. The molecule has 102 valence electrons. The number of anilines is 2. The minimum atomic E-state index is -4.44. The molecule has 2 heterocycles. The molecular formula is C11H9ClF3N3S. The number of hydrogen-bond donors (Lipinski definition) is 2. The molecule has 3 nitrogen and oxygen atoms in total. The summed E-state index contributed by atoms with van der Waals surface area (Å²) in [5.74, 6) is -0.0987. The molecule has 2 rings (SSSR count). The zero-order valence-electron chi connectivity index (χ0n) is 9.46. The van der Waals surface area contributed by atoms with Gasteiger partial charge in [-0.15, -0.1) is 11.3 Å². The van der Waals surface area contributed by atoms with Gasteiger partial charge in [-0.2, -0.15) is 13.2 Å². The number of nitrogens with two attached hydrogens (primary N) is 1. The van der Waals surface area contributed by atoms with Crippen molar-refractivity contribution in [2.24, 2.45) is 0 Å². The first-order chi connectivity index (χ1) is 8.84. The molecule has 0 aliphatic rings. The lowest BCUT2D eigenvalue weighted by Gasteiger charge is -2.10. The highest BCUT2D eigenvalue weighted by molar-refractivity contribution is 7.16. The fourth-order valence-electron chi connectivity index (χ4n) is 1.43. The van der Waals surface area contributed by atoms with Gasteiger partial charge in [-0.1, -0.05) is 11.6 Å². The Labute approximate surface area is 116 Å². The van der Waals surface area contributed by atoms with E-state index >= 15 is 0 Å². The summed E-state index contributed by atoms with van der Waals surface area (Å²) in [4.78, 5) is 4.70. The lowest BCUT2D eigenvalue weighted by atomic mass is 10.2. The molecule has 0 amide bonds. The van der Waals surface area contributed by atoms with Crippen LogP contribution in [0.15, 0.2) is 24.3 Å². The summed E-state index contributed by atoms with van der Waals surface area (Å²) in [6.07, 6.45) is -4.44. The van der Waals surface area contributed by atoms with Gasteiger partial charge in [0.2, 0.25) is 0 Å². The minimum Gasteiger partial charge on any atom is -0.384 e. The van der Waals surface area contributed by atoms with Crippen LogP contribution < -0.4 is 11.1 Å². The second-order valence-electron chi connectivity index (χ2n) is 3.72. The summed E-state index contributed by atoms with van der Waals surface area (Å²) in [6, 6.07) is 5.23. The van der Waals surface area contributed by atoms with Gasteiger partial charge in [0.25, 0.3) is 0 Å². The molecule has 8 heteroatoms. The first kappa shape index (κ1) is 14.0. The second kappa shape index (κ2) is 5.26. The van der Waals surface area contributed by atoms with E-state index in [1.807, 2.05) is 0 Å². The van der Waals surface area contributed by atoms with E-state index in [2.05, 4.69) is 10.3 Å². The van der Waals surface area contributed by atoms with Crippen LogP contribution in [-0.2, 0) is 12.7 Å². The maximum absolute atomic E-state index is 12.6. The molecule has 0 bridgehead atoms. The predicted molar refractivity (Wildman–Crippen MR) is 70.3 cm³/mol. The number of nitrogens with zero attached hydrogens (tertiary/aromatic N) is 1. The highest BCUT2D eigenvalue weighted by atomic mass is 35.5. The van der Waals surface area contributed by atoms with Gasteiger partial charge < -0.3 is 11.1 Å². The third kappa shape index (κ3) is 3.74. The number of hydrogen-bond acceptors (Lipinski definition) is 4. The van der Waals surface area contributed by atoms with Gasteiger partial charge in [0, 0.05) is 4.88 Å². The van der Waals surface area contributed by atoms with Crippen LogP contribution in [0.4, 0.5) is 24.8 Å². The largest absolute Gasteiger partial charge is 0.416 e. The molecule has 0 atom stereocenters. The van der Waals surface area contributed by atoms with E-state index in [1.165, 1.54) is 11.3 Å². The molecule has 0 unspecified atom stereocenters. The molecule has 19 heavy (non-hydrogen) atoms. The Kier molecular flexibility index (Phi) is 3.86. The molecule has 0 aliphatic carbocycles. The van der Waals surface area contributed by atoms with Gasteiger partial charge in [-0.25, -0.2) is 4.98 Å². The van der Waals surface area contributed by atoms with Gasteiger partial charge in [0.05, 0.1) is 16.4 Å². The van der Waals surface area contributed by atoms with E-state index in [-0.39, 0.29) is 11.6 Å². The van der Waals surface area contributed by atoms with Crippen molar-refractivity contribution < 1.29 is 13.2 Å². The van der Waals surface area contributed by atoms with Crippen molar-refractivity contribution in [1.82, 2.24) is 4.98 Å². The summed E-state index contributed by atoms with van der Waals surface area (Å²) in [7, 11) is 0. The fraction of sp³-hybridized carbons (Fsp3) is 0.182. The number of nitrogen functional groups attached to an aromatic ring is 1. The number of aromatic nitrogens is 1. The molecule has 0 fully saturated rings. The van der Waals surface area contributed by atoms with Gasteiger partial charge >= 0.3 is 6.18 Å². The Bertz CT molecular complexity index is 583. The van der Waals surface area contributed by atoms with Crippen LogP contribution in [0.3, 0.4) is 0 Å². The lowest BCUT2D eigenvalue weighted by molar-refractivity contribution is -0.137. The maximum Gasteiger partial charge on any atom is 0.416 e. The predicted octanol–water partition coefficient (Wildman–Crippen LogP) is 4.01. The van der Waals surface area contributed by atoms with Crippen LogP contribution >= 0.6 is 22.9 Å². The highest BCUT2D eigenvalue weighted by Crippen LogP contribution is 2.31. The summed E-state index contributed by atoms with van der Waals surface area (Å²) in [6.45, 7) is 0.338. The molecule has 0 saturated carbocycles. The zero-order chi connectivity index (χ0) is 14.0. The Balaban J connectivity index is 2.14. The van der Waals surface area contributed by atoms with Crippen LogP contribution in [-0.4, -0.2) is 4.98 Å². The third-order valence-corrected chi connectivity index (χ3v) is 3.48. The fourth-order valence-corrected chi connectivity index (χ4v) is 2.46. The van der Waals surface area contributed by atoms with Crippen molar-refractivity contribution in [2.75, 3.05) is 11.1 Å². The van der Waals surface area contributed by atoms with E-state index in [4.69, 9.17) is 17.3 Å². The normalized spacial score (nSPS) is 11.6. The van der Waals surface area contributed by atoms with Crippen LogP contribution in [0.2, 0.25) is 4.34 Å². The molecular weight excluding hydrogens is 299 g/mol. The van der Waals surface area contributed by atoms with Crippen LogP contribution in [0, 0.1) is 0 Å². The molecule has 0 spiro atoms. The van der Waals surface area contributed by atoms with Crippen LogP contribution in [0.1, 0.15) is 10.4 Å². The number of thiophene rings is 1. The summed E-state index contributed by atoms with van der Waals surface area (Å²) in [5.41, 5.74) is 4.53. The topological polar surface area (TPSA) is 50.9 Å². The van der Waals surface area contributed by atoms with Crippen molar-refractivity contribution >= 4 is 34.6 Å². The van der Waals surface area contributed by atoms with Crippen molar-refractivity contribution in [3.05, 3.63) is 39.0 Å². The lowest BCUT2D eigenvalue weighted by Crippen LogP contribution is -2.09. The van der Waals surface area contributed by atoms with Gasteiger partial charge in [0.15, 0.2) is 0 Å². The van der Waals surface area contributed by atoms with Gasteiger partial charge in [-0.3, -0.25) is 0 Å². The quantitative estimate of drug-likeness (QED) is 0.901. The van der Waals surface area contributed by atoms with E-state index < -0.39 is 11.7 Å². The minimum absolute atomic E-state index is 0.0804. The Morgan fingerprint density at radius 1 is 1.32 bits per heavy atom. The first-order valence-corrected chi connectivity index (χ1v) is 6.37. The van der Waals surface area contributed by atoms with Crippen molar-refractivity contribution in [3.63, 3.8) is 0 Å². The summed E-state index contributed by atoms with van der Waals surface area (Å²) in [5, 5.41) is 2.79.